The Kier molecular flexibility index (Phi) is 3.80. The quantitative estimate of drug-likeness (QED) is 0.765. The average Bonchev–Trinajstić information content (AvgIpc) is 2.18. The largest absolute Gasteiger partial charge is 0.481 e. The number of hydrogen-bond donors (Lipinski definition) is 1. The van der Waals surface area contributed by atoms with Gasteiger partial charge in [0.2, 0.25) is 0 Å². The summed E-state index contributed by atoms with van der Waals surface area (Å²) in [5, 5.41) is 8.66. The Morgan fingerprint density at radius 1 is 1.60 bits per heavy atom. The number of carboxylic acid groups (broad SMARTS) is 1. The molecular formula is C12H13NO2. The standard InChI is InChI=1S/C12H13NO2/c1-3-4-10-7-9(8-12(14)15)5-6-11(10)13-2/h3-7H,2,8H2,1H3,(H,14,15)/b4-3-. The van der Waals surface area contributed by atoms with Gasteiger partial charge in [-0.25, -0.2) is 0 Å². The molecule has 15 heavy (non-hydrogen) atoms. The highest BCUT2D eigenvalue weighted by Crippen LogP contribution is 2.21. The second kappa shape index (κ2) is 5.10. The van der Waals surface area contributed by atoms with Crippen LogP contribution in [0, 0.1) is 0 Å². The SMILES string of the molecule is C=Nc1ccc(CC(=O)O)cc1/C=C\C. The van der Waals surface area contributed by atoms with E-state index in [1.54, 1.807) is 12.1 Å². The van der Waals surface area contributed by atoms with Gasteiger partial charge in [-0.1, -0.05) is 18.2 Å². The zero-order chi connectivity index (χ0) is 11.3. The molecule has 0 aliphatic rings. The third-order valence-electron chi connectivity index (χ3n) is 1.96. The summed E-state index contributed by atoms with van der Waals surface area (Å²) in [5.74, 6) is -0.833. The zero-order valence-electron chi connectivity index (χ0n) is 8.60. The Morgan fingerprint density at radius 3 is 2.87 bits per heavy atom. The highest BCUT2D eigenvalue weighted by atomic mass is 16.4. The maximum Gasteiger partial charge on any atom is 0.307 e. The van der Waals surface area contributed by atoms with Crippen molar-refractivity contribution < 1.29 is 9.90 Å². The first-order chi connectivity index (χ1) is 7.17. The van der Waals surface area contributed by atoms with Crippen molar-refractivity contribution in [1.82, 2.24) is 0 Å². The Bertz CT molecular complexity index is 408. The van der Waals surface area contributed by atoms with Crippen LogP contribution in [0.25, 0.3) is 6.08 Å². The molecule has 0 fully saturated rings. The first kappa shape index (κ1) is 11.2. The minimum atomic E-state index is -0.833. The smallest absolute Gasteiger partial charge is 0.307 e. The number of aliphatic imine (C=N–C) groups is 1. The summed E-state index contributed by atoms with van der Waals surface area (Å²) >= 11 is 0. The normalized spacial score (nSPS) is 10.5. The third kappa shape index (κ3) is 3.06. The van der Waals surface area contributed by atoms with Crippen LogP contribution in [0.4, 0.5) is 5.69 Å². The first-order valence-corrected chi connectivity index (χ1v) is 4.61. The molecule has 78 valence electrons. The molecule has 3 heteroatoms. The van der Waals surface area contributed by atoms with Gasteiger partial charge < -0.3 is 5.11 Å². The fourth-order valence-electron chi connectivity index (χ4n) is 1.35. The van der Waals surface area contributed by atoms with Crippen LogP contribution in [-0.4, -0.2) is 17.8 Å². The number of allylic oxidation sites excluding steroid dienone is 1. The van der Waals surface area contributed by atoms with Gasteiger partial charge in [-0.15, -0.1) is 0 Å². The van der Waals surface area contributed by atoms with Crippen molar-refractivity contribution in [1.29, 1.82) is 0 Å². The van der Waals surface area contributed by atoms with Crippen LogP contribution >= 0.6 is 0 Å². The molecule has 0 saturated heterocycles. The van der Waals surface area contributed by atoms with Crippen LogP contribution in [0.15, 0.2) is 29.3 Å². The summed E-state index contributed by atoms with van der Waals surface area (Å²) < 4.78 is 0. The van der Waals surface area contributed by atoms with Gasteiger partial charge in [-0.2, -0.15) is 0 Å². The number of benzene rings is 1. The minimum absolute atomic E-state index is 0.0297. The van der Waals surface area contributed by atoms with E-state index < -0.39 is 5.97 Å². The van der Waals surface area contributed by atoms with Crippen LogP contribution in [0.3, 0.4) is 0 Å². The molecule has 0 saturated carbocycles. The summed E-state index contributed by atoms with van der Waals surface area (Å²) in [6.45, 7) is 5.36. The lowest BCUT2D eigenvalue weighted by Gasteiger charge is -2.03. The topological polar surface area (TPSA) is 49.7 Å². The van der Waals surface area contributed by atoms with Crippen molar-refractivity contribution in [2.45, 2.75) is 13.3 Å². The molecule has 0 amide bonds. The molecule has 0 aliphatic carbocycles. The number of carbonyl (C=O) groups is 1. The van der Waals surface area contributed by atoms with Crippen molar-refractivity contribution in [2.75, 3.05) is 0 Å². The summed E-state index contributed by atoms with van der Waals surface area (Å²) in [4.78, 5) is 14.4. The Labute approximate surface area is 88.8 Å². The van der Waals surface area contributed by atoms with E-state index in [9.17, 15) is 4.79 Å². The molecule has 0 spiro atoms. The fourth-order valence-corrected chi connectivity index (χ4v) is 1.35. The monoisotopic (exact) mass is 203 g/mol. The molecule has 3 nitrogen and oxygen atoms in total. The molecule has 0 unspecified atom stereocenters. The van der Waals surface area contributed by atoms with Gasteiger partial charge in [0.1, 0.15) is 0 Å². The number of carboxylic acids is 1. The Balaban J connectivity index is 3.09. The molecule has 0 heterocycles. The average molecular weight is 203 g/mol. The lowest BCUT2D eigenvalue weighted by atomic mass is 10.1. The molecule has 1 aromatic carbocycles. The molecule has 1 rings (SSSR count). The molecular weight excluding hydrogens is 190 g/mol. The highest BCUT2D eigenvalue weighted by molar-refractivity contribution is 5.72. The lowest BCUT2D eigenvalue weighted by Crippen LogP contribution is -1.99. The molecule has 0 atom stereocenters. The number of aliphatic carboxylic acids is 1. The van der Waals surface area contributed by atoms with Gasteiger partial charge >= 0.3 is 5.97 Å². The van der Waals surface area contributed by atoms with Crippen molar-refractivity contribution >= 4 is 24.5 Å². The fraction of sp³-hybridized carbons (Fsp3) is 0.167. The van der Waals surface area contributed by atoms with Crippen LogP contribution in [-0.2, 0) is 11.2 Å². The van der Waals surface area contributed by atoms with E-state index >= 15 is 0 Å². The zero-order valence-corrected chi connectivity index (χ0v) is 8.60. The van der Waals surface area contributed by atoms with E-state index in [0.29, 0.717) is 0 Å². The maximum absolute atomic E-state index is 10.5. The maximum atomic E-state index is 10.5. The van der Waals surface area contributed by atoms with Crippen LogP contribution in [0.5, 0.6) is 0 Å². The van der Waals surface area contributed by atoms with Crippen molar-refractivity contribution in [3.63, 3.8) is 0 Å². The summed E-state index contributed by atoms with van der Waals surface area (Å²) in [5.41, 5.74) is 2.43. The summed E-state index contributed by atoms with van der Waals surface area (Å²) in [6.07, 6.45) is 3.80. The van der Waals surface area contributed by atoms with Gasteiger partial charge in [-0.05, 0) is 31.3 Å². The minimum Gasteiger partial charge on any atom is -0.481 e. The predicted octanol–water partition coefficient (Wildman–Crippen LogP) is 2.68. The van der Waals surface area contributed by atoms with Crippen molar-refractivity contribution in [2.24, 2.45) is 4.99 Å². The molecule has 0 radical (unpaired) electrons. The second-order valence-electron chi connectivity index (χ2n) is 3.12. The van der Waals surface area contributed by atoms with Crippen LogP contribution in [0.2, 0.25) is 0 Å². The van der Waals surface area contributed by atoms with Crippen LogP contribution < -0.4 is 0 Å². The van der Waals surface area contributed by atoms with Gasteiger partial charge in [-0.3, -0.25) is 9.79 Å². The van der Waals surface area contributed by atoms with E-state index in [2.05, 4.69) is 11.7 Å². The van der Waals surface area contributed by atoms with Crippen LogP contribution in [0.1, 0.15) is 18.1 Å². The Morgan fingerprint density at radius 2 is 2.33 bits per heavy atom. The molecule has 0 aromatic heterocycles. The molecule has 1 N–H and O–H groups in total. The summed E-state index contributed by atoms with van der Waals surface area (Å²) in [7, 11) is 0. The second-order valence-corrected chi connectivity index (χ2v) is 3.12. The van der Waals surface area contributed by atoms with E-state index in [-0.39, 0.29) is 6.42 Å². The predicted molar refractivity (Wildman–Crippen MR) is 61.7 cm³/mol. The Hall–Kier alpha value is -1.90. The number of rotatable bonds is 4. The van der Waals surface area contributed by atoms with E-state index in [4.69, 9.17) is 5.11 Å². The molecule has 1 aromatic rings. The lowest BCUT2D eigenvalue weighted by molar-refractivity contribution is -0.136. The van der Waals surface area contributed by atoms with Crippen molar-refractivity contribution in [3.05, 3.63) is 35.4 Å². The molecule has 0 aliphatic heterocycles. The number of nitrogens with zero attached hydrogens (tertiary/aromatic N) is 1. The summed E-state index contributed by atoms with van der Waals surface area (Å²) in [6, 6.07) is 5.35. The van der Waals surface area contributed by atoms with E-state index in [0.717, 1.165) is 16.8 Å². The third-order valence-corrected chi connectivity index (χ3v) is 1.96. The highest BCUT2D eigenvalue weighted by Gasteiger charge is 2.03. The van der Waals surface area contributed by atoms with Gasteiger partial charge in [0, 0.05) is 5.56 Å². The van der Waals surface area contributed by atoms with E-state index in [1.807, 2.05) is 25.1 Å². The van der Waals surface area contributed by atoms with Gasteiger partial charge in [0.15, 0.2) is 0 Å². The van der Waals surface area contributed by atoms with E-state index in [1.165, 1.54) is 0 Å². The van der Waals surface area contributed by atoms with Gasteiger partial charge in [0.05, 0.1) is 12.1 Å². The first-order valence-electron chi connectivity index (χ1n) is 4.61. The molecule has 0 bridgehead atoms. The van der Waals surface area contributed by atoms with Gasteiger partial charge in [0.25, 0.3) is 0 Å². The van der Waals surface area contributed by atoms with Crippen molar-refractivity contribution in [3.8, 4) is 0 Å². The number of hydrogen-bond acceptors (Lipinski definition) is 2.